The number of ether oxygens (including phenoxy) is 1. The molecule has 0 saturated carbocycles. The van der Waals surface area contributed by atoms with Crippen LogP contribution >= 0.6 is 0 Å². The van der Waals surface area contributed by atoms with Gasteiger partial charge in [-0.25, -0.2) is 0 Å². The monoisotopic (exact) mass is 235 g/mol. The van der Waals surface area contributed by atoms with Gasteiger partial charge in [0.05, 0.1) is 0 Å². The minimum Gasteiger partial charge on any atom is -0.460 e. The van der Waals surface area contributed by atoms with E-state index < -0.39 is 11.6 Å². The Kier molecular flexibility index (Phi) is 4.37. The van der Waals surface area contributed by atoms with Crippen molar-refractivity contribution in [2.45, 2.75) is 39.2 Å². The van der Waals surface area contributed by atoms with Crippen LogP contribution in [-0.2, 0) is 20.7 Å². The van der Waals surface area contributed by atoms with E-state index in [2.05, 4.69) is 4.98 Å². The minimum atomic E-state index is -0.553. The van der Waals surface area contributed by atoms with Crippen molar-refractivity contribution in [3.63, 3.8) is 0 Å². The maximum atomic E-state index is 11.6. The predicted molar refractivity (Wildman–Crippen MR) is 63.4 cm³/mol. The van der Waals surface area contributed by atoms with E-state index in [9.17, 15) is 9.59 Å². The Morgan fingerprint density at radius 1 is 1.29 bits per heavy atom. The first kappa shape index (κ1) is 13.4. The lowest BCUT2D eigenvalue weighted by atomic mass is 10.1. The van der Waals surface area contributed by atoms with Gasteiger partial charge >= 0.3 is 5.97 Å². The summed E-state index contributed by atoms with van der Waals surface area (Å²) < 4.78 is 5.07. The average molecular weight is 235 g/mol. The van der Waals surface area contributed by atoms with Crippen LogP contribution in [0.5, 0.6) is 0 Å². The highest BCUT2D eigenvalue weighted by molar-refractivity contribution is 5.96. The van der Waals surface area contributed by atoms with Gasteiger partial charge in [-0.2, -0.15) is 0 Å². The van der Waals surface area contributed by atoms with Crippen molar-refractivity contribution in [1.29, 1.82) is 0 Å². The number of carbonyl (C=O) groups is 2. The number of ketones is 1. The lowest BCUT2D eigenvalue weighted by Gasteiger charge is -2.19. The smallest absolute Gasteiger partial charge is 0.313 e. The SMILES string of the molecule is CC(C)(C)OC(=O)CC(=O)Cc1ccccn1. The Bertz CT molecular complexity index is 393. The van der Waals surface area contributed by atoms with Gasteiger partial charge in [-0.05, 0) is 32.9 Å². The minimum absolute atomic E-state index is 0.167. The van der Waals surface area contributed by atoms with Crippen molar-refractivity contribution < 1.29 is 14.3 Å². The Labute approximate surface area is 101 Å². The van der Waals surface area contributed by atoms with E-state index in [4.69, 9.17) is 4.74 Å². The molecule has 0 unspecified atom stereocenters. The number of esters is 1. The third-order valence-corrected chi connectivity index (χ3v) is 1.87. The summed E-state index contributed by atoms with van der Waals surface area (Å²) >= 11 is 0. The van der Waals surface area contributed by atoms with Crippen molar-refractivity contribution in [2.75, 3.05) is 0 Å². The average Bonchev–Trinajstić information content (AvgIpc) is 2.15. The third kappa shape index (κ3) is 5.80. The van der Waals surface area contributed by atoms with E-state index in [-0.39, 0.29) is 18.6 Å². The summed E-state index contributed by atoms with van der Waals surface area (Å²) in [5, 5.41) is 0. The number of hydrogen-bond donors (Lipinski definition) is 0. The molecule has 0 aliphatic heterocycles. The molecule has 1 rings (SSSR count). The van der Waals surface area contributed by atoms with Gasteiger partial charge in [0.15, 0.2) is 0 Å². The predicted octanol–water partition coefficient (Wildman–Crippen LogP) is 1.93. The summed E-state index contributed by atoms with van der Waals surface area (Å²) in [5.41, 5.74) is 0.114. The molecule has 0 aliphatic carbocycles. The lowest BCUT2D eigenvalue weighted by molar-refractivity contribution is -0.156. The van der Waals surface area contributed by atoms with Gasteiger partial charge in [0, 0.05) is 18.3 Å². The lowest BCUT2D eigenvalue weighted by Crippen LogP contribution is -2.25. The van der Waals surface area contributed by atoms with Crippen LogP contribution in [0.1, 0.15) is 32.9 Å². The summed E-state index contributed by atoms with van der Waals surface area (Å²) in [6, 6.07) is 5.35. The highest BCUT2D eigenvalue weighted by Gasteiger charge is 2.19. The Balaban J connectivity index is 2.43. The van der Waals surface area contributed by atoms with Crippen molar-refractivity contribution in [3.8, 4) is 0 Å². The van der Waals surface area contributed by atoms with Gasteiger partial charge in [-0.3, -0.25) is 14.6 Å². The zero-order chi connectivity index (χ0) is 12.9. The molecule has 0 aliphatic rings. The molecule has 0 radical (unpaired) electrons. The number of Topliss-reactive ketones (excluding diaryl/α,β-unsaturated/α-hetero) is 1. The summed E-state index contributed by atoms with van der Waals surface area (Å²) in [6.07, 6.45) is 1.59. The Morgan fingerprint density at radius 3 is 2.53 bits per heavy atom. The first-order valence-corrected chi connectivity index (χ1v) is 5.50. The molecule has 17 heavy (non-hydrogen) atoms. The van der Waals surface area contributed by atoms with Gasteiger partial charge < -0.3 is 4.74 Å². The first-order valence-electron chi connectivity index (χ1n) is 5.50. The largest absolute Gasteiger partial charge is 0.460 e. The number of rotatable bonds is 4. The van der Waals surface area contributed by atoms with Gasteiger partial charge in [-0.1, -0.05) is 6.07 Å². The van der Waals surface area contributed by atoms with E-state index in [0.717, 1.165) is 0 Å². The number of pyridine rings is 1. The van der Waals surface area contributed by atoms with Crippen molar-refractivity contribution >= 4 is 11.8 Å². The molecule has 0 bridgehead atoms. The van der Waals surface area contributed by atoms with Gasteiger partial charge in [0.1, 0.15) is 17.8 Å². The number of nitrogens with zero attached hydrogens (tertiary/aromatic N) is 1. The molecular weight excluding hydrogens is 218 g/mol. The zero-order valence-corrected chi connectivity index (χ0v) is 10.4. The van der Waals surface area contributed by atoms with Crippen LogP contribution in [-0.4, -0.2) is 22.3 Å². The standard InChI is InChI=1S/C13H17NO3/c1-13(2,3)17-12(16)9-11(15)8-10-6-4-5-7-14-10/h4-7H,8-9H2,1-3H3. The zero-order valence-electron chi connectivity index (χ0n) is 10.4. The third-order valence-electron chi connectivity index (χ3n) is 1.87. The Hall–Kier alpha value is -1.71. The van der Waals surface area contributed by atoms with Crippen molar-refractivity contribution in [1.82, 2.24) is 4.98 Å². The van der Waals surface area contributed by atoms with Crippen LogP contribution in [0.25, 0.3) is 0 Å². The van der Waals surface area contributed by atoms with Crippen LogP contribution in [0.2, 0.25) is 0 Å². The van der Waals surface area contributed by atoms with E-state index in [1.54, 1.807) is 39.1 Å². The molecule has 1 aromatic heterocycles. The van der Waals surface area contributed by atoms with E-state index in [0.29, 0.717) is 5.69 Å². The second-order valence-corrected chi connectivity index (χ2v) is 4.80. The molecule has 4 nitrogen and oxygen atoms in total. The molecule has 0 fully saturated rings. The van der Waals surface area contributed by atoms with Gasteiger partial charge in [0.2, 0.25) is 0 Å². The van der Waals surface area contributed by atoms with Crippen LogP contribution in [0, 0.1) is 0 Å². The molecule has 4 heteroatoms. The number of aromatic nitrogens is 1. The first-order chi connectivity index (χ1) is 7.87. The summed E-state index contributed by atoms with van der Waals surface area (Å²) in [7, 11) is 0. The van der Waals surface area contributed by atoms with Crippen LogP contribution < -0.4 is 0 Å². The van der Waals surface area contributed by atoms with Gasteiger partial charge in [0.25, 0.3) is 0 Å². The molecule has 92 valence electrons. The molecule has 0 saturated heterocycles. The maximum absolute atomic E-state index is 11.6. The van der Waals surface area contributed by atoms with Crippen LogP contribution in [0.15, 0.2) is 24.4 Å². The molecule has 0 N–H and O–H groups in total. The fourth-order valence-corrected chi connectivity index (χ4v) is 1.31. The molecule has 1 aromatic rings. The highest BCUT2D eigenvalue weighted by Crippen LogP contribution is 2.09. The molecular formula is C13H17NO3. The molecule has 0 amide bonds. The second-order valence-electron chi connectivity index (χ2n) is 4.80. The van der Waals surface area contributed by atoms with Gasteiger partial charge in [-0.15, -0.1) is 0 Å². The highest BCUT2D eigenvalue weighted by atomic mass is 16.6. The normalized spacial score (nSPS) is 11.0. The molecule has 0 spiro atoms. The molecule has 1 heterocycles. The fourth-order valence-electron chi connectivity index (χ4n) is 1.31. The Morgan fingerprint density at radius 2 is 2.00 bits per heavy atom. The van der Waals surface area contributed by atoms with Crippen molar-refractivity contribution in [2.24, 2.45) is 0 Å². The molecule has 0 atom stereocenters. The fraction of sp³-hybridized carbons (Fsp3) is 0.462. The van der Waals surface area contributed by atoms with Crippen LogP contribution in [0.4, 0.5) is 0 Å². The second kappa shape index (κ2) is 5.57. The number of carbonyl (C=O) groups excluding carboxylic acids is 2. The van der Waals surface area contributed by atoms with Crippen LogP contribution in [0.3, 0.4) is 0 Å². The maximum Gasteiger partial charge on any atom is 0.313 e. The quantitative estimate of drug-likeness (QED) is 0.591. The van der Waals surface area contributed by atoms with E-state index in [1.807, 2.05) is 6.07 Å². The topological polar surface area (TPSA) is 56.3 Å². The van der Waals surface area contributed by atoms with E-state index >= 15 is 0 Å². The molecule has 0 aromatic carbocycles. The number of hydrogen-bond acceptors (Lipinski definition) is 4. The van der Waals surface area contributed by atoms with Crippen molar-refractivity contribution in [3.05, 3.63) is 30.1 Å². The summed E-state index contributed by atoms with van der Waals surface area (Å²) in [4.78, 5) is 27.0. The summed E-state index contributed by atoms with van der Waals surface area (Å²) in [6.45, 7) is 5.32. The van der Waals surface area contributed by atoms with E-state index in [1.165, 1.54) is 0 Å². The summed E-state index contributed by atoms with van der Waals surface area (Å²) in [5.74, 6) is -0.670.